The highest BCUT2D eigenvalue weighted by atomic mass is 19.3. The van der Waals surface area contributed by atoms with Gasteiger partial charge in [0.25, 0.3) is 0 Å². The molecule has 5 atom stereocenters. The van der Waals surface area contributed by atoms with Gasteiger partial charge in [-0.15, -0.1) is 10.2 Å². The summed E-state index contributed by atoms with van der Waals surface area (Å²) in [6, 6.07) is 11.7. The largest absolute Gasteiger partial charge is 0.349 e. The number of alkyl halides is 2. The monoisotopic (exact) mass is 511 g/mol. The van der Waals surface area contributed by atoms with Crippen molar-refractivity contribution in [3.63, 3.8) is 0 Å². The Labute approximate surface area is 218 Å². The van der Waals surface area contributed by atoms with Gasteiger partial charge in [-0.05, 0) is 51.0 Å². The Morgan fingerprint density at radius 3 is 2.41 bits per heavy atom. The minimum atomic E-state index is -2.62. The fraction of sp³-hybridized carbons (Fsp3) is 0.690. The van der Waals surface area contributed by atoms with E-state index in [2.05, 4.69) is 57.9 Å². The van der Waals surface area contributed by atoms with E-state index in [0.29, 0.717) is 29.5 Å². The number of carbonyl (C=O) groups is 1. The normalized spacial score (nSPS) is 31.5. The average molecular weight is 512 g/mol. The lowest BCUT2D eigenvalue weighted by molar-refractivity contribution is -0.295. The maximum atomic E-state index is 13.6. The second-order valence-corrected chi connectivity index (χ2v) is 12.2. The van der Waals surface area contributed by atoms with Gasteiger partial charge >= 0.3 is 0 Å². The zero-order valence-corrected chi connectivity index (χ0v) is 22.2. The predicted octanol–water partition coefficient (Wildman–Crippen LogP) is 5.56. The molecule has 1 amide bonds. The maximum absolute atomic E-state index is 13.6. The zero-order chi connectivity index (χ0) is 25.9. The maximum Gasteiger partial charge on any atom is 0.248 e. The number of aromatic nitrogens is 3. The molecule has 4 fully saturated rings. The standard InChI is InChI=1S/C29H39F2N5O/c1-18(2)26-34-33-19(3)36(26)25-17-24-29(25)15-11-23(29)35(24)16-12-22(20-7-5-4-6-8-20)32-27(37)21-9-13-28(30,31)14-10-21/h4-8,18,21-25H,9-17H2,1-3H3,(H,32,37)/t22-,23?,24?,25?,29?/m0/s1. The number of piperidine rings is 2. The highest BCUT2D eigenvalue weighted by molar-refractivity contribution is 5.79. The number of aryl methyl sites for hydroxylation is 1. The minimum Gasteiger partial charge on any atom is -0.349 e. The van der Waals surface area contributed by atoms with E-state index in [-0.39, 0.29) is 43.6 Å². The minimum absolute atomic E-state index is 0.0704. The Morgan fingerprint density at radius 1 is 1.05 bits per heavy atom. The molecule has 1 aliphatic heterocycles. The van der Waals surface area contributed by atoms with Crippen molar-refractivity contribution >= 4 is 5.91 Å². The topological polar surface area (TPSA) is 63.1 Å². The summed E-state index contributed by atoms with van der Waals surface area (Å²) in [7, 11) is 0. The zero-order valence-electron chi connectivity index (χ0n) is 22.2. The molecule has 1 N–H and O–H groups in total. The van der Waals surface area contributed by atoms with Crippen molar-refractivity contribution in [3.05, 3.63) is 47.5 Å². The van der Waals surface area contributed by atoms with E-state index in [1.807, 2.05) is 18.2 Å². The second-order valence-electron chi connectivity index (χ2n) is 12.2. The molecule has 0 bridgehead atoms. The molecule has 1 spiro atoms. The Kier molecular flexibility index (Phi) is 6.16. The third-order valence-corrected chi connectivity index (χ3v) is 9.96. The third-order valence-electron chi connectivity index (χ3n) is 9.96. The number of hydrogen-bond donors (Lipinski definition) is 1. The highest BCUT2D eigenvalue weighted by Gasteiger charge is 2.75. The highest BCUT2D eigenvalue weighted by Crippen LogP contribution is 2.73. The van der Waals surface area contributed by atoms with Gasteiger partial charge in [-0.25, -0.2) is 8.78 Å². The quantitative estimate of drug-likeness (QED) is 0.504. The number of rotatable bonds is 8. The molecule has 4 aliphatic rings. The fourth-order valence-electron chi connectivity index (χ4n) is 7.85. The number of amides is 1. The van der Waals surface area contributed by atoms with E-state index >= 15 is 0 Å². The van der Waals surface area contributed by atoms with Crippen LogP contribution in [0.4, 0.5) is 8.78 Å². The van der Waals surface area contributed by atoms with E-state index in [4.69, 9.17) is 0 Å². The van der Waals surface area contributed by atoms with E-state index < -0.39 is 5.92 Å². The van der Waals surface area contributed by atoms with Crippen LogP contribution in [-0.2, 0) is 4.79 Å². The number of carbonyl (C=O) groups excluding carboxylic acids is 1. The summed E-state index contributed by atoms with van der Waals surface area (Å²) in [5.74, 6) is -0.520. The molecule has 37 heavy (non-hydrogen) atoms. The van der Waals surface area contributed by atoms with Crippen LogP contribution in [0.25, 0.3) is 0 Å². The molecule has 2 heterocycles. The number of nitrogens with zero attached hydrogens (tertiary/aromatic N) is 4. The summed E-state index contributed by atoms with van der Waals surface area (Å²) in [6.45, 7) is 7.39. The first-order chi connectivity index (χ1) is 17.7. The lowest BCUT2D eigenvalue weighted by atomic mass is 9.40. The van der Waals surface area contributed by atoms with Crippen molar-refractivity contribution in [2.45, 2.75) is 108 Å². The first-order valence-corrected chi connectivity index (χ1v) is 14.1. The molecule has 2 aromatic rings. The Hall–Kier alpha value is -2.35. The molecule has 3 aliphatic carbocycles. The average Bonchev–Trinajstić information content (AvgIpc) is 3.21. The number of likely N-dealkylation sites (tertiary alicyclic amines) is 1. The summed E-state index contributed by atoms with van der Waals surface area (Å²) in [4.78, 5) is 15.7. The Morgan fingerprint density at radius 2 is 1.78 bits per heavy atom. The summed E-state index contributed by atoms with van der Waals surface area (Å²) >= 11 is 0. The molecule has 0 radical (unpaired) electrons. The Balaban J connectivity index is 1.12. The van der Waals surface area contributed by atoms with Gasteiger partial charge in [-0.1, -0.05) is 44.2 Å². The van der Waals surface area contributed by atoms with Crippen LogP contribution in [0, 0.1) is 18.3 Å². The summed E-state index contributed by atoms with van der Waals surface area (Å²) in [5, 5.41) is 12.1. The molecule has 8 heteroatoms. The van der Waals surface area contributed by atoms with Crippen LogP contribution in [0.15, 0.2) is 30.3 Å². The van der Waals surface area contributed by atoms with Crippen molar-refractivity contribution < 1.29 is 13.6 Å². The van der Waals surface area contributed by atoms with Crippen LogP contribution >= 0.6 is 0 Å². The van der Waals surface area contributed by atoms with Gasteiger partial charge in [-0.2, -0.15) is 0 Å². The number of nitrogens with one attached hydrogen (secondary N) is 1. The molecule has 1 aromatic carbocycles. The molecule has 200 valence electrons. The molecular formula is C29H39F2N5O. The smallest absolute Gasteiger partial charge is 0.248 e. The molecule has 1 saturated heterocycles. The number of hydrogen-bond acceptors (Lipinski definition) is 4. The van der Waals surface area contributed by atoms with Gasteiger partial charge in [0.2, 0.25) is 11.8 Å². The lowest BCUT2D eigenvalue weighted by Gasteiger charge is -2.80. The molecule has 6 rings (SSSR count). The van der Waals surface area contributed by atoms with E-state index in [0.717, 1.165) is 36.6 Å². The molecular weight excluding hydrogens is 472 g/mol. The second kappa shape index (κ2) is 9.14. The van der Waals surface area contributed by atoms with Crippen LogP contribution in [0.2, 0.25) is 0 Å². The predicted molar refractivity (Wildman–Crippen MR) is 137 cm³/mol. The lowest BCUT2D eigenvalue weighted by Crippen LogP contribution is -2.85. The molecule has 6 nitrogen and oxygen atoms in total. The van der Waals surface area contributed by atoms with E-state index in [1.165, 1.54) is 12.8 Å². The number of halogens is 2. The van der Waals surface area contributed by atoms with Crippen LogP contribution in [0.3, 0.4) is 0 Å². The Bertz CT molecular complexity index is 1130. The van der Waals surface area contributed by atoms with Crippen LogP contribution < -0.4 is 5.32 Å². The summed E-state index contributed by atoms with van der Waals surface area (Å²) < 4.78 is 29.7. The van der Waals surface area contributed by atoms with Crippen molar-refractivity contribution in [1.29, 1.82) is 0 Å². The van der Waals surface area contributed by atoms with Gasteiger partial charge in [0, 0.05) is 54.8 Å². The van der Waals surface area contributed by atoms with Gasteiger partial charge in [-0.3, -0.25) is 9.69 Å². The van der Waals surface area contributed by atoms with Gasteiger partial charge in [0.15, 0.2) is 0 Å². The van der Waals surface area contributed by atoms with Gasteiger partial charge in [0.05, 0.1) is 6.04 Å². The van der Waals surface area contributed by atoms with Crippen molar-refractivity contribution in [2.24, 2.45) is 11.3 Å². The van der Waals surface area contributed by atoms with E-state index in [9.17, 15) is 13.6 Å². The molecule has 4 unspecified atom stereocenters. The van der Waals surface area contributed by atoms with Crippen LogP contribution in [-0.4, -0.2) is 50.1 Å². The molecule has 3 saturated carbocycles. The van der Waals surface area contributed by atoms with E-state index in [1.54, 1.807) is 0 Å². The van der Waals surface area contributed by atoms with Crippen molar-refractivity contribution in [2.75, 3.05) is 6.54 Å². The first kappa shape index (κ1) is 25.0. The first-order valence-electron chi connectivity index (χ1n) is 14.1. The fourth-order valence-corrected chi connectivity index (χ4v) is 7.85. The third kappa shape index (κ3) is 4.01. The SMILES string of the molecule is Cc1nnc(C(C)C)n1C1CC2N(CC[C@H](NC(=O)C3CCC(F)(F)CC3)c3ccccc3)C3CCC321. The van der Waals surface area contributed by atoms with Crippen molar-refractivity contribution in [1.82, 2.24) is 25.0 Å². The summed E-state index contributed by atoms with van der Waals surface area (Å²) in [5.41, 5.74) is 1.45. The van der Waals surface area contributed by atoms with Crippen molar-refractivity contribution in [3.8, 4) is 0 Å². The number of benzene rings is 1. The van der Waals surface area contributed by atoms with Crippen LogP contribution in [0.1, 0.15) is 100 Å². The van der Waals surface area contributed by atoms with Gasteiger partial charge in [0.1, 0.15) is 11.6 Å². The van der Waals surface area contributed by atoms with Crippen LogP contribution in [0.5, 0.6) is 0 Å². The molecule has 1 aromatic heterocycles. The summed E-state index contributed by atoms with van der Waals surface area (Å²) in [6.07, 6.45) is 4.61. The van der Waals surface area contributed by atoms with Gasteiger partial charge < -0.3 is 9.88 Å².